The molecule has 8 nitrogen and oxygen atoms in total. The molecule has 0 aliphatic carbocycles. The number of hydrogen-bond acceptors (Lipinski definition) is 6. The number of hydrogen-bond donors (Lipinski definition) is 1. The van der Waals surface area contributed by atoms with Crippen LogP contribution in [0.3, 0.4) is 0 Å². The van der Waals surface area contributed by atoms with Gasteiger partial charge in [-0.1, -0.05) is 0 Å². The average Bonchev–Trinajstić information content (AvgIpc) is 2.69. The topological polar surface area (TPSA) is 113 Å². The number of pyridine rings is 1. The fraction of sp³-hybridized carbons (Fsp3) is 0. The van der Waals surface area contributed by atoms with Gasteiger partial charge in [-0.25, -0.2) is 9.97 Å². The van der Waals surface area contributed by atoms with Crippen molar-refractivity contribution in [2.75, 3.05) is 5.73 Å². The maximum atomic E-state index is 10.7. The van der Waals surface area contributed by atoms with Gasteiger partial charge in [0, 0.05) is 6.07 Å². The summed E-state index contributed by atoms with van der Waals surface area (Å²) in [5.74, 6) is 0.239. The Hall–Kier alpha value is -2.51. The molecule has 2 rings (SSSR count). The zero-order valence-electron chi connectivity index (χ0n) is 7.44. The SMILES string of the molecule is Nc1ccc([N+](=O)[O-])c(-n2cncn2)n1. The standard InChI is InChI=1S/C7H6N6O2/c8-6-2-1-5(13(14)15)7(11-6)12-4-9-3-10-12/h1-4H,(H2,8,11). The second kappa shape index (κ2) is 3.33. The van der Waals surface area contributed by atoms with Crippen LogP contribution in [-0.4, -0.2) is 24.7 Å². The monoisotopic (exact) mass is 206 g/mol. The van der Waals surface area contributed by atoms with Gasteiger partial charge in [-0.05, 0) is 6.07 Å². The number of nitrogen functional groups attached to an aromatic ring is 1. The Labute approximate surface area is 83.5 Å². The van der Waals surface area contributed by atoms with E-state index in [-0.39, 0.29) is 17.3 Å². The average molecular weight is 206 g/mol. The highest BCUT2D eigenvalue weighted by Crippen LogP contribution is 2.20. The van der Waals surface area contributed by atoms with Gasteiger partial charge in [-0.2, -0.15) is 9.78 Å². The van der Waals surface area contributed by atoms with Gasteiger partial charge in [0.1, 0.15) is 18.5 Å². The lowest BCUT2D eigenvalue weighted by atomic mass is 10.4. The van der Waals surface area contributed by atoms with Gasteiger partial charge >= 0.3 is 5.69 Å². The Morgan fingerprint density at radius 3 is 2.87 bits per heavy atom. The fourth-order valence-corrected chi connectivity index (χ4v) is 1.08. The van der Waals surface area contributed by atoms with Crippen molar-refractivity contribution in [3.8, 4) is 5.82 Å². The minimum atomic E-state index is -0.552. The highest BCUT2D eigenvalue weighted by molar-refractivity contribution is 5.50. The Kier molecular flexibility index (Phi) is 2.01. The molecular formula is C7H6N6O2. The number of aromatic nitrogens is 4. The second-order valence-corrected chi connectivity index (χ2v) is 2.68. The first-order valence-electron chi connectivity index (χ1n) is 3.94. The van der Waals surface area contributed by atoms with E-state index in [1.54, 1.807) is 0 Å². The summed E-state index contributed by atoms with van der Waals surface area (Å²) < 4.78 is 1.19. The first-order chi connectivity index (χ1) is 7.18. The molecule has 2 aromatic heterocycles. The molecule has 0 saturated carbocycles. The van der Waals surface area contributed by atoms with E-state index >= 15 is 0 Å². The largest absolute Gasteiger partial charge is 0.384 e. The van der Waals surface area contributed by atoms with E-state index in [0.717, 1.165) is 0 Å². The summed E-state index contributed by atoms with van der Waals surface area (Å²) in [6.45, 7) is 0. The molecule has 0 aromatic carbocycles. The molecule has 0 spiro atoms. The van der Waals surface area contributed by atoms with Crippen molar-refractivity contribution in [2.24, 2.45) is 0 Å². The summed E-state index contributed by atoms with van der Waals surface area (Å²) >= 11 is 0. The molecule has 8 heteroatoms. The molecule has 15 heavy (non-hydrogen) atoms. The molecule has 2 N–H and O–H groups in total. The lowest BCUT2D eigenvalue weighted by molar-refractivity contribution is -0.384. The number of nitro groups is 1. The molecule has 0 fully saturated rings. The number of rotatable bonds is 2. The van der Waals surface area contributed by atoms with Crippen molar-refractivity contribution in [3.05, 3.63) is 34.9 Å². The summed E-state index contributed by atoms with van der Waals surface area (Å²) in [5.41, 5.74) is 5.27. The molecule has 0 unspecified atom stereocenters. The predicted octanol–water partition coefficient (Wildman–Crippen LogP) is 0.153. The molecule has 0 atom stereocenters. The molecule has 0 bridgehead atoms. The van der Waals surface area contributed by atoms with Gasteiger partial charge in [0.25, 0.3) is 0 Å². The summed E-state index contributed by atoms with van der Waals surface area (Å²) in [6.07, 6.45) is 2.57. The van der Waals surface area contributed by atoms with Gasteiger partial charge in [0.05, 0.1) is 4.92 Å². The van der Waals surface area contributed by atoms with Crippen LogP contribution >= 0.6 is 0 Å². The Bertz CT molecular complexity index is 494. The van der Waals surface area contributed by atoms with Crippen LogP contribution in [0.1, 0.15) is 0 Å². The van der Waals surface area contributed by atoms with E-state index in [2.05, 4.69) is 15.1 Å². The molecule has 2 aromatic rings. The lowest BCUT2D eigenvalue weighted by Crippen LogP contribution is -2.05. The van der Waals surface area contributed by atoms with Crippen molar-refractivity contribution in [1.82, 2.24) is 19.7 Å². The predicted molar refractivity (Wildman–Crippen MR) is 50.2 cm³/mol. The number of nitrogens with two attached hydrogens (primary N) is 1. The third-order valence-electron chi connectivity index (χ3n) is 1.71. The molecule has 76 valence electrons. The molecule has 0 aliphatic rings. The van der Waals surface area contributed by atoms with Gasteiger partial charge < -0.3 is 5.73 Å². The van der Waals surface area contributed by atoms with Gasteiger partial charge in [-0.3, -0.25) is 10.1 Å². The fourth-order valence-electron chi connectivity index (χ4n) is 1.08. The lowest BCUT2D eigenvalue weighted by Gasteiger charge is -2.01. The van der Waals surface area contributed by atoms with E-state index in [9.17, 15) is 10.1 Å². The highest BCUT2D eigenvalue weighted by Gasteiger charge is 2.17. The summed E-state index contributed by atoms with van der Waals surface area (Å²) in [5, 5.41) is 14.4. The van der Waals surface area contributed by atoms with Crippen molar-refractivity contribution in [3.63, 3.8) is 0 Å². The van der Waals surface area contributed by atoms with Crippen LogP contribution in [-0.2, 0) is 0 Å². The van der Waals surface area contributed by atoms with E-state index in [1.165, 1.54) is 29.5 Å². The van der Waals surface area contributed by atoms with Crippen LogP contribution in [0, 0.1) is 10.1 Å². The second-order valence-electron chi connectivity index (χ2n) is 2.68. The summed E-state index contributed by atoms with van der Waals surface area (Å²) in [6, 6.07) is 2.64. The number of anilines is 1. The van der Waals surface area contributed by atoms with Gasteiger partial charge in [0.15, 0.2) is 0 Å². The zero-order chi connectivity index (χ0) is 10.8. The molecule has 2 heterocycles. The van der Waals surface area contributed by atoms with E-state index in [4.69, 9.17) is 5.73 Å². The maximum Gasteiger partial charge on any atom is 0.313 e. The van der Waals surface area contributed by atoms with E-state index < -0.39 is 4.92 Å². The molecule has 0 aliphatic heterocycles. The first kappa shape index (κ1) is 9.06. The minimum Gasteiger partial charge on any atom is -0.384 e. The third kappa shape index (κ3) is 1.59. The summed E-state index contributed by atoms with van der Waals surface area (Å²) in [4.78, 5) is 17.6. The zero-order valence-corrected chi connectivity index (χ0v) is 7.44. The van der Waals surface area contributed by atoms with Crippen molar-refractivity contribution in [2.45, 2.75) is 0 Å². The third-order valence-corrected chi connectivity index (χ3v) is 1.71. The van der Waals surface area contributed by atoms with Crippen molar-refractivity contribution in [1.29, 1.82) is 0 Å². The van der Waals surface area contributed by atoms with Crippen molar-refractivity contribution < 1.29 is 4.92 Å². The quantitative estimate of drug-likeness (QED) is 0.552. The van der Waals surface area contributed by atoms with Crippen LogP contribution in [0.15, 0.2) is 24.8 Å². The number of nitrogens with zero attached hydrogens (tertiary/aromatic N) is 5. The van der Waals surface area contributed by atoms with Crippen LogP contribution in [0.25, 0.3) is 5.82 Å². The normalized spacial score (nSPS) is 10.1. The van der Waals surface area contributed by atoms with Crippen LogP contribution < -0.4 is 5.73 Å². The Morgan fingerprint density at radius 1 is 1.47 bits per heavy atom. The molecule has 0 saturated heterocycles. The van der Waals surface area contributed by atoms with Gasteiger partial charge in [0.2, 0.25) is 5.82 Å². The minimum absolute atomic E-state index is 0.0532. The van der Waals surface area contributed by atoms with Crippen LogP contribution in [0.5, 0.6) is 0 Å². The first-order valence-corrected chi connectivity index (χ1v) is 3.94. The molecular weight excluding hydrogens is 200 g/mol. The van der Waals surface area contributed by atoms with E-state index in [1.807, 2.05) is 0 Å². The van der Waals surface area contributed by atoms with Crippen LogP contribution in [0.2, 0.25) is 0 Å². The summed E-state index contributed by atoms with van der Waals surface area (Å²) in [7, 11) is 0. The highest BCUT2D eigenvalue weighted by atomic mass is 16.6. The smallest absolute Gasteiger partial charge is 0.313 e. The van der Waals surface area contributed by atoms with Crippen LogP contribution in [0.4, 0.5) is 11.5 Å². The molecule has 0 radical (unpaired) electrons. The van der Waals surface area contributed by atoms with E-state index in [0.29, 0.717) is 0 Å². The maximum absolute atomic E-state index is 10.7. The van der Waals surface area contributed by atoms with Crippen molar-refractivity contribution >= 4 is 11.5 Å². The van der Waals surface area contributed by atoms with Gasteiger partial charge in [-0.15, -0.1) is 0 Å². The Balaban J connectivity index is 2.63. The Morgan fingerprint density at radius 2 is 2.27 bits per heavy atom. The molecule has 0 amide bonds.